The lowest BCUT2D eigenvalue weighted by atomic mass is 9.99. The van der Waals surface area contributed by atoms with Crippen molar-refractivity contribution in [2.75, 3.05) is 0 Å². The molecule has 4 aromatic heterocycles. The molecule has 0 unspecified atom stereocenters. The van der Waals surface area contributed by atoms with Gasteiger partial charge in [-0.25, -0.2) is 43.9 Å². The van der Waals surface area contributed by atoms with E-state index in [0.717, 1.165) is 12.1 Å². The first-order chi connectivity index (χ1) is 26.0. The van der Waals surface area contributed by atoms with Gasteiger partial charge in [0.05, 0.1) is 11.1 Å². The highest BCUT2D eigenvalue weighted by atomic mass is 19.2. The second-order valence-electron chi connectivity index (χ2n) is 12.1. The second kappa shape index (κ2) is 11.9. The van der Waals surface area contributed by atoms with E-state index >= 15 is 0 Å². The van der Waals surface area contributed by atoms with E-state index in [-0.39, 0.29) is 55.3 Å². The van der Waals surface area contributed by atoms with E-state index in [1.165, 1.54) is 36.7 Å². The molecule has 5 aromatic carbocycles. The van der Waals surface area contributed by atoms with Crippen LogP contribution in [0, 0.1) is 58.2 Å². The predicted octanol–water partition coefficient (Wildman–Crippen LogP) is 12.3. The molecule has 0 spiro atoms. The number of benzene rings is 5. The van der Waals surface area contributed by atoms with Crippen LogP contribution in [0.1, 0.15) is 0 Å². The Labute approximate surface area is 294 Å². The fraction of sp³-hybridized carbons (Fsp3) is 0. The van der Waals surface area contributed by atoms with E-state index in [1.54, 1.807) is 36.4 Å². The molecule has 0 atom stereocenters. The fourth-order valence-corrected chi connectivity index (χ4v) is 6.72. The van der Waals surface area contributed by atoms with Crippen molar-refractivity contribution in [3.63, 3.8) is 0 Å². The Morgan fingerprint density at radius 3 is 1.02 bits per heavy atom. The van der Waals surface area contributed by atoms with Gasteiger partial charge in [0.1, 0.15) is 22.2 Å². The van der Waals surface area contributed by atoms with E-state index in [4.69, 9.17) is 8.83 Å². The van der Waals surface area contributed by atoms with Crippen molar-refractivity contribution in [1.82, 2.24) is 9.97 Å². The van der Waals surface area contributed by atoms with Crippen molar-refractivity contribution in [3.8, 4) is 44.5 Å². The van der Waals surface area contributed by atoms with Crippen LogP contribution in [0.25, 0.3) is 88.6 Å². The third-order valence-corrected chi connectivity index (χ3v) is 9.22. The van der Waals surface area contributed by atoms with Crippen molar-refractivity contribution in [2.45, 2.75) is 0 Å². The molecule has 0 bridgehead atoms. The maximum absolute atomic E-state index is 14.9. The highest BCUT2D eigenvalue weighted by Gasteiger charge is 2.31. The van der Waals surface area contributed by atoms with Gasteiger partial charge >= 0.3 is 0 Å². The zero-order valence-corrected chi connectivity index (χ0v) is 26.6. The molecule has 54 heavy (non-hydrogen) atoms. The molecule has 4 nitrogen and oxygen atoms in total. The number of furan rings is 2. The lowest BCUT2D eigenvalue weighted by Crippen LogP contribution is -2.04. The van der Waals surface area contributed by atoms with Gasteiger partial charge in [-0.1, -0.05) is 48.5 Å². The molecule has 0 saturated heterocycles. The SMILES string of the molecule is Fc1c(F)c(F)c(-c2cccc3c2oc2c(-c4ccc(-c5ccnc6c5oc5c(-c7c(F)c(F)c(F)c(F)c7F)cccc56)cc4)ccnc23)c(F)c1F. The maximum Gasteiger partial charge on any atom is 0.200 e. The number of rotatable bonds is 4. The monoisotopic (exact) mass is 744 g/mol. The Hall–Kier alpha value is -6.70. The molecule has 14 heteroatoms. The number of pyridine rings is 2. The molecule has 4 heterocycles. The summed E-state index contributed by atoms with van der Waals surface area (Å²) >= 11 is 0. The van der Waals surface area contributed by atoms with Crippen molar-refractivity contribution < 1.29 is 52.7 Å². The number of nitrogens with zero attached hydrogens (tertiary/aromatic N) is 2. The Kier molecular flexibility index (Phi) is 7.32. The molecule has 266 valence electrons. The molecule has 0 aliphatic heterocycles. The third kappa shape index (κ3) is 4.58. The predicted molar refractivity (Wildman–Crippen MR) is 178 cm³/mol. The number of para-hydroxylation sites is 2. The highest BCUT2D eigenvalue weighted by Crippen LogP contribution is 2.44. The summed E-state index contributed by atoms with van der Waals surface area (Å²) < 4.78 is 156. The minimum Gasteiger partial charge on any atom is -0.453 e. The lowest BCUT2D eigenvalue weighted by molar-refractivity contribution is 0.381. The number of fused-ring (bicyclic) bond motifs is 6. The molecule has 0 amide bonds. The third-order valence-electron chi connectivity index (χ3n) is 9.22. The summed E-state index contributed by atoms with van der Waals surface area (Å²) in [5.74, 6) is -21.1. The summed E-state index contributed by atoms with van der Waals surface area (Å²) in [6.07, 6.45) is 2.91. The first-order valence-corrected chi connectivity index (χ1v) is 15.7. The molecule has 0 saturated carbocycles. The molecule has 0 aliphatic rings. The standard InChI is InChI=1S/C40H14F10N2O2/c41-25-23(26(42)30(46)33(49)29(25)45)19-3-1-5-21-35-39(53-37(19)21)17(11-13-51-35)15-7-9-16(10-8-15)18-12-14-52-36-22-6-2-4-20(38(22)54-40(18)36)24-27(43)31(47)34(50)32(48)28(24)44/h1-14H. The van der Waals surface area contributed by atoms with Crippen LogP contribution in [0.2, 0.25) is 0 Å². The first kappa shape index (κ1) is 33.2. The van der Waals surface area contributed by atoms with Crippen LogP contribution in [0.5, 0.6) is 0 Å². The van der Waals surface area contributed by atoms with E-state index in [1.807, 2.05) is 0 Å². The Morgan fingerprint density at radius 2 is 0.667 bits per heavy atom. The van der Waals surface area contributed by atoms with Crippen LogP contribution in [0.4, 0.5) is 43.9 Å². The molecule has 0 aliphatic carbocycles. The number of hydrogen-bond acceptors (Lipinski definition) is 4. The average molecular weight is 745 g/mol. The van der Waals surface area contributed by atoms with Crippen LogP contribution in [0.3, 0.4) is 0 Å². The number of halogens is 10. The quantitative estimate of drug-likeness (QED) is 0.102. The largest absolute Gasteiger partial charge is 0.453 e. The van der Waals surface area contributed by atoms with Crippen LogP contribution < -0.4 is 0 Å². The van der Waals surface area contributed by atoms with Gasteiger partial charge in [0.15, 0.2) is 57.7 Å². The molecule has 9 rings (SSSR count). The average Bonchev–Trinajstić information content (AvgIpc) is 3.78. The summed E-state index contributed by atoms with van der Waals surface area (Å²) in [6, 6.07) is 18.1. The van der Waals surface area contributed by atoms with Crippen LogP contribution >= 0.6 is 0 Å². The summed E-state index contributed by atoms with van der Waals surface area (Å²) in [4.78, 5) is 8.68. The summed E-state index contributed by atoms with van der Waals surface area (Å²) in [7, 11) is 0. The van der Waals surface area contributed by atoms with Gasteiger partial charge in [0.25, 0.3) is 0 Å². The summed E-state index contributed by atoms with van der Waals surface area (Å²) in [5, 5.41) is 0.499. The van der Waals surface area contributed by atoms with E-state index in [9.17, 15) is 43.9 Å². The van der Waals surface area contributed by atoms with Crippen LogP contribution in [-0.4, -0.2) is 9.97 Å². The Morgan fingerprint density at radius 1 is 0.333 bits per heavy atom. The van der Waals surface area contributed by atoms with Crippen LogP contribution in [-0.2, 0) is 0 Å². The van der Waals surface area contributed by atoms with Crippen molar-refractivity contribution in [3.05, 3.63) is 143 Å². The first-order valence-electron chi connectivity index (χ1n) is 15.7. The summed E-state index contributed by atoms with van der Waals surface area (Å²) in [5.41, 5.74) is -0.552. The zero-order chi connectivity index (χ0) is 37.7. The molecule has 9 aromatic rings. The Balaban J connectivity index is 1.16. The molecule has 0 fully saturated rings. The normalized spacial score (nSPS) is 11.9. The summed E-state index contributed by atoms with van der Waals surface area (Å²) in [6.45, 7) is 0. The van der Waals surface area contributed by atoms with Gasteiger partial charge in [-0.2, -0.15) is 0 Å². The zero-order valence-electron chi connectivity index (χ0n) is 26.6. The van der Waals surface area contributed by atoms with Gasteiger partial charge in [0, 0.05) is 45.4 Å². The molecule has 0 radical (unpaired) electrons. The fourth-order valence-electron chi connectivity index (χ4n) is 6.72. The second-order valence-corrected chi connectivity index (χ2v) is 12.1. The van der Waals surface area contributed by atoms with Gasteiger partial charge in [-0.15, -0.1) is 0 Å². The lowest BCUT2D eigenvalue weighted by Gasteiger charge is -2.08. The molecular formula is C40H14F10N2O2. The maximum atomic E-state index is 14.9. The van der Waals surface area contributed by atoms with Gasteiger partial charge in [-0.3, -0.25) is 9.97 Å². The van der Waals surface area contributed by atoms with E-state index in [0.29, 0.717) is 22.3 Å². The minimum absolute atomic E-state index is 0.154. The smallest absolute Gasteiger partial charge is 0.200 e. The topological polar surface area (TPSA) is 52.1 Å². The van der Waals surface area contributed by atoms with Gasteiger partial charge < -0.3 is 8.83 Å². The minimum atomic E-state index is -2.29. The van der Waals surface area contributed by atoms with E-state index < -0.39 is 69.3 Å². The van der Waals surface area contributed by atoms with Gasteiger partial charge in [0.2, 0.25) is 11.6 Å². The highest BCUT2D eigenvalue weighted by molar-refractivity contribution is 6.12. The number of hydrogen-bond donors (Lipinski definition) is 0. The van der Waals surface area contributed by atoms with Crippen molar-refractivity contribution in [1.29, 1.82) is 0 Å². The van der Waals surface area contributed by atoms with Crippen molar-refractivity contribution in [2.24, 2.45) is 0 Å². The Bertz CT molecular complexity index is 2800. The molecule has 0 N–H and O–H groups in total. The van der Waals surface area contributed by atoms with Crippen molar-refractivity contribution >= 4 is 44.1 Å². The number of aromatic nitrogens is 2. The molecular weight excluding hydrogens is 730 g/mol. The van der Waals surface area contributed by atoms with Crippen LogP contribution in [0.15, 0.2) is 94.0 Å². The van der Waals surface area contributed by atoms with Gasteiger partial charge in [-0.05, 0) is 35.4 Å². The van der Waals surface area contributed by atoms with E-state index in [2.05, 4.69) is 9.97 Å².